The summed E-state index contributed by atoms with van der Waals surface area (Å²) in [7, 11) is -3.08. The average molecular weight is 344 g/mol. The van der Waals surface area contributed by atoms with Crippen LogP contribution >= 0.6 is 7.14 Å². The van der Waals surface area contributed by atoms with E-state index in [-0.39, 0.29) is 0 Å². The molecule has 0 N–H and O–H groups in total. The summed E-state index contributed by atoms with van der Waals surface area (Å²) >= 11 is 0. The standard InChI is InChI=1S/C21H17N2OP/c24-25(19-12-6-2-7-13-19,20-14-8-3-9-15-20)21-22-16-17-23(21)18-10-4-1-5-11-18/h1-17H. The van der Waals surface area contributed by atoms with Crippen molar-refractivity contribution in [1.82, 2.24) is 9.55 Å². The molecule has 0 saturated carbocycles. The maximum Gasteiger partial charge on any atom is 0.205 e. The third-order valence-electron chi connectivity index (χ3n) is 4.18. The maximum atomic E-state index is 14.4. The molecule has 4 heteroatoms. The molecule has 0 unspecified atom stereocenters. The first-order chi connectivity index (χ1) is 12.3. The van der Waals surface area contributed by atoms with Crippen molar-refractivity contribution in [2.75, 3.05) is 0 Å². The van der Waals surface area contributed by atoms with Gasteiger partial charge in [-0.05, 0) is 12.1 Å². The topological polar surface area (TPSA) is 34.9 Å². The third kappa shape index (κ3) is 2.73. The molecule has 0 atom stereocenters. The Morgan fingerprint density at radius 2 is 1.16 bits per heavy atom. The average Bonchev–Trinajstić information content (AvgIpc) is 3.20. The largest absolute Gasteiger partial charge is 0.305 e. The lowest BCUT2D eigenvalue weighted by Gasteiger charge is -2.20. The summed E-state index contributed by atoms with van der Waals surface area (Å²) < 4.78 is 16.3. The van der Waals surface area contributed by atoms with E-state index in [0.29, 0.717) is 5.57 Å². The number of benzene rings is 3. The Hall–Kier alpha value is -2.90. The van der Waals surface area contributed by atoms with Gasteiger partial charge in [-0.2, -0.15) is 0 Å². The Morgan fingerprint density at radius 3 is 1.68 bits per heavy atom. The lowest BCUT2D eigenvalue weighted by Crippen LogP contribution is -2.30. The maximum absolute atomic E-state index is 14.4. The molecular formula is C21H17N2OP. The SMILES string of the molecule is O=P(c1ccccc1)(c1ccccc1)c1nccn1-c1ccccc1. The Labute approximate surface area is 147 Å². The summed E-state index contributed by atoms with van der Waals surface area (Å²) in [6.45, 7) is 0. The molecule has 0 aliphatic heterocycles. The van der Waals surface area contributed by atoms with Crippen molar-refractivity contribution in [2.24, 2.45) is 0 Å². The van der Waals surface area contributed by atoms with E-state index in [4.69, 9.17) is 0 Å². The van der Waals surface area contributed by atoms with E-state index in [1.54, 1.807) is 6.20 Å². The van der Waals surface area contributed by atoms with Gasteiger partial charge in [-0.3, -0.25) is 4.57 Å². The first kappa shape index (κ1) is 15.6. The Balaban J connectivity index is 1.99. The van der Waals surface area contributed by atoms with E-state index in [0.717, 1.165) is 16.3 Å². The van der Waals surface area contributed by atoms with Crippen LogP contribution in [0.25, 0.3) is 5.69 Å². The summed E-state index contributed by atoms with van der Waals surface area (Å²) in [6, 6.07) is 29.1. The molecule has 4 aromatic rings. The normalized spacial score (nSPS) is 11.4. The van der Waals surface area contributed by atoms with Crippen LogP contribution < -0.4 is 16.2 Å². The highest BCUT2D eigenvalue weighted by atomic mass is 31.2. The highest BCUT2D eigenvalue weighted by molar-refractivity contribution is 7.85. The zero-order valence-corrected chi connectivity index (χ0v) is 14.5. The summed E-state index contributed by atoms with van der Waals surface area (Å²) in [5.41, 5.74) is 1.51. The summed E-state index contributed by atoms with van der Waals surface area (Å²) in [6.07, 6.45) is 3.57. The Kier molecular flexibility index (Phi) is 4.09. The fourth-order valence-electron chi connectivity index (χ4n) is 2.97. The number of hydrogen-bond acceptors (Lipinski definition) is 2. The summed E-state index contributed by atoms with van der Waals surface area (Å²) in [5.74, 6) is 0. The molecule has 1 aromatic heterocycles. The van der Waals surface area contributed by atoms with Gasteiger partial charge < -0.3 is 4.57 Å². The van der Waals surface area contributed by atoms with Gasteiger partial charge in [-0.25, -0.2) is 4.98 Å². The van der Waals surface area contributed by atoms with Crippen LogP contribution in [0.1, 0.15) is 0 Å². The van der Waals surface area contributed by atoms with Crippen molar-refractivity contribution >= 4 is 23.3 Å². The van der Waals surface area contributed by atoms with Crippen LogP contribution in [0.15, 0.2) is 103 Å². The van der Waals surface area contributed by atoms with Crippen molar-refractivity contribution in [2.45, 2.75) is 0 Å². The van der Waals surface area contributed by atoms with E-state index in [1.165, 1.54) is 0 Å². The van der Waals surface area contributed by atoms with Gasteiger partial charge in [-0.15, -0.1) is 0 Å². The van der Waals surface area contributed by atoms with Crippen LogP contribution in [0.4, 0.5) is 0 Å². The molecular weight excluding hydrogens is 327 g/mol. The number of hydrogen-bond donors (Lipinski definition) is 0. The molecule has 3 nitrogen and oxygen atoms in total. The zero-order valence-electron chi connectivity index (χ0n) is 13.6. The van der Waals surface area contributed by atoms with Crippen LogP contribution in [0.2, 0.25) is 0 Å². The minimum absolute atomic E-state index is 0.566. The fraction of sp³-hybridized carbons (Fsp3) is 0. The molecule has 3 aromatic carbocycles. The number of nitrogens with zero attached hydrogens (tertiary/aromatic N) is 2. The second-order valence-electron chi connectivity index (χ2n) is 5.71. The molecule has 4 rings (SSSR count). The van der Waals surface area contributed by atoms with Crippen molar-refractivity contribution in [1.29, 1.82) is 0 Å². The van der Waals surface area contributed by atoms with Gasteiger partial charge in [0.15, 0.2) is 5.57 Å². The monoisotopic (exact) mass is 344 g/mol. The van der Waals surface area contributed by atoms with Crippen LogP contribution in [0.3, 0.4) is 0 Å². The van der Waals surface area contributed by atoms with Crippen molar-refractivity contribution < 1.29 is 4.57 Å². The van der Waals surface area contributed by atoms with Crippen molar-refractivity contribution in [3.05, 3.63) is 103 Å². The van der Waals surface area contributed by atoms with E-state index in [2.05, 4.69) is 4.98 Å². The second kappa shape index (κ2) is 6.54. The molecule has 0 aliphatic carbocycles. The first-order valence-electron chi connectivity index (χ1n) is 8.11. The minimum atomic E-state index is -3.08. The summed E-state index contributed by atoms with van der Waals surface area (Å²) in [4.78, 5) is 4.52. The minimum Gasteiger partial charge on any atom is -0.305 e. The van der Waals surface area contributed by atoms with Crippen LogP contribution in [-0.4, -0.2) is 9.55 Å². The quantitative estimate of drug-likeness (QED) is 0.531. The van der Waals surface area contributed by atoms with Crippen molar-refractivity contribution in [3.8, 4) is 5.69 Å². The molecule has 0 bridgehead atoms. The molecule has 0 amide bonds. The zero-order chi connectivity index (χ0) is 17.1. The number of rotatable bonds is 4. The van der Waals surface area contributed by atoms with Gasteiger partial charge in [0.1, 0.15) is 0 Å². The van der Waals surface area contributed by atoms with Crippen LogP contribution in [0.5, 0.6) is 0 Å². The van der Waals surface area contributed by atoms with Crippen LogP contribution in [-0.2, 0) is 4.57 Å². The predicted octanol–water partition coefficient (Wildman–Crippen LogP) is 3.51. The molecule has 122 valence electrons. The van der Waals surface area contributed by atoms with Gasteiger partial charge in [0.25, 0.3) is 0 Å². The number of para-hydroxylation sites is 1. The third-order valence-corrected chi connectivity index (χ3v) is 7.12. The van der Waals surface area contributed by atoms with Gasteiger partial charge in [-0.1, -0.05) is 78.9 Å². The molecule has 0 spiro atoms. The molecule has 1 heterocycles. The predicted molar refractivity (Wildman–Crippen MR) is 103 cm³/mol. The van der Waals surface area contributed by atoms with E-state index in [1.807, 2.05) is 102 Å². The van der Waals surface area contributed by atoms with Gasteiger partial charge in [0, 0.05) is 28.7 Å². The molecule has 0 saturated heterocycles. The van der Waals surface area contributed by atoms with Gasteiger partial charge >= 0.3 is 0 Å². The van der Waals surface area contributed by atoms with E-state index >= 15 is 0 Å². The van der Waals surface area contributed by atoms with E-state index < -0.39 is 7.14 Å². The van der Waals surface area contributed by atoms with Crippen molar-refractivity contribution in [3.63, 3.8) is 0 Å². The molecule has 25 heavy (non-hydrogen) atoms. The lowest BCUT2D eigenvalue weighted by atomic mass is 10.3. The Morgan fingerprint density at radius 1 is 0.680 bits per heavy atom. The smallest absolute Gasteiger partial charge is 0.205 e. The Bertz CT molecular complexity index is 968. The first-order valence-corrected chi connectivity index (χ1v) is 9.81. The van der Waals surface area contributed by atoms with Gasteiger partial charge in [0.05, 0.1) is 0 Å². The number of imidazole rings is 1. The number of aromatic nitrogens is 2. The summed E-state index contributed by atoms with van der Waals surface area (Å²) in [5, 5.41) is 1.56. The highest BCUT2D eigenvalue weighted by Crippen LogP contribution is 2.41. The highest BCUT2D eigenvalue weighted by Gasteiger charge is 2.34. The van der Waals surface area contributed by atoms with Crippen LogP contribution in [0, 0.1) is 0 Å². The lowest BCUT2D eigenvalue weighted by molar-refractivity contribution is 0.591. The molecule has 0 radical (unpaired) electrons. The second-order valence-corrected chi connectivity index (χ2v) is 8.36. The van der Waals surface area contributed by atoms with E-state index in [9.17, 15) is 4.57 Å². The molecule has 0 fully saturated rings. The molecule has 0 aliphatic rings. The van der Waals surface area contributed by atoms with Gasteiger partial charge in [0.2, 0.25) is 7.14 Å². The fourth-order valence-corrected chi connectivity index (χ4v) is 5.63.